The van der Waals surface area contributed by atoms with Gasteiger partial charge in [-0.15, -0.1) is 0 Å². The van der Waals surface area contributed by atoms with Gasteiger partial charge < -0.3 is 0 Å². The normalized spacial score (nSPS) is 10.5. The lowest BCUT2D eigenvalue weighted by atomic mass is 9.97. The number of hydrogen-bond donors (Lipinski definition) is 0. The van der Waals surface area contributed by atoms with Gasteiger partial charge in [0.1, 0.15) is 5.82 Å². The molecule has 0 bridgehead atoms. The maximum Gasteiger partial charge on any atom is 0.137 e. The van der Waals surface area contributed by atoms with Crippen LogP contribution in [0.4, 0.5) is 4.39 Å². The van der Waals surface area contributed by atoms with Crippen LogP contribution in [0.15, 0.2) is 36.4 Å². The Balaban J connectivity index is 2.65. The van der Waals surface area contributed by atoms with Crippen LogP contribution in [0.5, 0.6) is 0 Å². The molecule has 0 aromatic heterocycles. The lowest BCUT2D eigenvalue weighted by Gasteiger charge is -2.10. The van der Waals surface area contributed by atoms with Crippen molar-refractivity contribution in [3.05, 3.63) is 56.9 Å². The summed E-state index contributed by atoms with van der Waals surface area (Å²) in [6.45, 7) is 4.06. The molecule has 0 amide bonds. The van der Waals surface area contributed by atoms with Gasteiger partial charge in [-0.2, -0.15) is 0 Å². The predicted molar refractivity (Wildman–Crippen MR) is 74.0 cm³/mol. The van der Waals surface area contributed by atoms with Crippen molar-refractivity contribution >= 4 is 22.6 Å². The average molecular weight is 326 g/mol. The van der Waals surface area contributed by atoms with Crippen LogP contribution < -0.4 is 0 Å². The van der Waals surface area contributed by atoms with Crippen LogP contribution in [0.2, 0.25) is 0 Å². The first-order valence-corrected chi connectivity index (χ1v) is 6.19. The van der Waals surface area contributed by atoms with Crippen LogP contribution >= 0.6 is 22.6 Å². The topological polar surface area (TPSA) is 0 Å². The zero-order valence-corrected chi connectivity index (χ0v) is 11.4. The highest BCUT2D eigenvalue weighted by molar-refractivity contribution is 14.1. The highest BCUT2D eigenvalue weighted by Gasteiger charge is 2.08. The van der Waals surface area contributed by atoms with E-state index < -0.39 is 0 Å². The van der Waals surface area contributed by atoms with Crippen LogP contribution in [0.25, 0.3) is 11.1 Å². The lowest BCUT2D eigenvalue weighted by Crippen LogP contribution is -1.91. The van der Waals surface area contributed by atoms with Crippen molar-refractivity contribution in [2.45, 2.75) is 13.8 Å². The second-order valence-electron chi connectivity index (χ2n) is 3.90. The third-order valence-electron chi connectivity index (χ3n) is 2.70. The Morgan fingerprint density at radius 3 is 2.31 bits per heavy atom. The number of rotatable bonds is 1. The summed E-state index contributed by atoms with van der Waals surface area (Å²) in [5.74, 6) is -0.149. The summed E-state index contributed by atoms with van der Waals surface area (Å²) in [6.07, 6.45) is 0. The third kappa shape index (κ3) is 2.12. The molecule has 2 heteroatoms. The first-order chi connectivity index (χ1) is 7.59. The highest BCUT2D eigenvalue weighted by atomic mass is 127. The molecular weight excluding hydrogens is 314 g/mol. The molecular formula is C14H12FI. The van der Waals surface area contributed by atoms with Crippen molar-refractivity contribution in [1.29, 1.82) is 0 Å². The molecule has 2 aromatic rings. The van der Waals surface area contributed by atoms with Crippen LogP contribution in [0.1, 0.15) is 11.1 Å². The molecule has 0 heterocycles. The van der Waals surface area contributed by atoms with E-state index in [1.165, 1.54) is 5.56 Å². The van der Waals surface area contributed by atoms with E-state index in [4.69, 9.17) is 0 Å². The molecule has 0 fully saturated rings. The zero-order valence-electron chi connectivity index (χ0n) is 9.22. The summed E-state index contributed by atoms with van der Waals surface area (Å²) in [6, 6.07) is 11.6. The summed E-state index contributed by atoms with van der Waals surface area (Å²) in [5.41, 5.74) is 4.37. The molecule has 0 atom stereocenters. The zero-order chi connectivity index (χ0) is 11.7. The molecule has 2 rings (SSSR count). The summed E-state index contributed by atoms with van der Waals surface area (Å²) in [4.78, 5) is 0. The smallest absolute Gasteiger partial charge is 0.137 e. The van der Waals surface area contributed by atoms with E-state index in [1.54, 1.807) is 6.07 Å². The molecule has 0 aliphatic heterocycles. The molecule has 0 nitrogen and oxygen atoms in total. The van der Waals surface area contributed by atoms with Crippen molar-refractivity contribution in [2.24, 2.45) is 0 Å². The Bertz CT molecular complexity index is 532. The Morgan fingerprint density at radius 1 is 0.938 bits per heavy atom. The monoisotopic (exact) mass is 326 g/mol. The quantitative estimate of drug-likeness (QED) is 0.666. The highest BCUT2D eigenvalue weighted by Crippen LogP contribution is 2.29. The second-order valence-corrected chi connectivity index (χ2v) is 5.06. The van der Waals surface area contributed by atoms with Gasteiger partial charge in [-0.3, -0.25) is 0 Å². The van der Waals surface area contributed by atoms with E-state index in [-0.39, 0.29) is 5.82 Å². The molecule has 0 aliphatic rings. The van der Waals surface area contributed by atoms with Crippen molar-refractivity contribution < 1.29 is 4.39 Å². The number of benzene rings is 2. The fraction of sp³-hybridized carbons (Fsp3) is 0.143. The number of halogens is 2. The molecule has 0 saturated heterocycles. The minimum atomic E-state index is -0.149. The van der Waals surface area contributed by atoms with Gasteiger partial charge in [-0.1, -0.05) is 24.3 Å². The Hall–Kier alpha value is -0.900. The van der Waals surface area contributed by atoms with Crippen molar-refractivity contribution in [3.8, 4) is 11.1 Å². The largest absolute Gasteiger partial charge is 0.206 e. The van der Waals surface area contributed by atoms with Gasteiger partial charge in [0.25, 0.3) is 0 Å². The van der Waals surface area contributed by atoms with E-state index in [2.05, 4.69) is 0 Å². The average Bonchev–Trinajstić information content (AvgIpc) is 2.25. The molecule has 0 unspecified atom stereocenters. The van der Waals surface area contributed by atoms with Gasteiger partial charge in [0.15, 0.2) is 0 Å². The Labute approximate surface area is 109 Å². The summed E-state index contributed by atoms with van der Waals surface area (Å²) >= 11 is 2.02. The first kappa shape index (κ1) is 11.6. The van der Waals surface area contributed by atoms with Gasteiger partial charge in [-0.25, -0.2) is 4.39 Å². The van der Waals surface area contributed by atoms with E-state index in [9.17, 15) is 4.39 Å². The third-order valence-corrected chi connectivity index (χ3v) is 3.53. The maximum atomic E-state index is 13.6. The minimum Gasteiger partial charge on any atom is -0.206 e. The predicted octanol–water partition coefficient (Wildman–Crippen LogP) is 4.71. The lowest BCUT2D eigenvalue weighted by molar-refractivity contribution is 0.620. The standard InChI is InChI=1S/C14H12FI/c1-9-5-3-4-6-11(9)12-8-13(15)14(16)7-10(12)2/h3-8H,1-2H3. The van der Waals surface area contributed by atoms with E-state index >= 15 is 0 Å². The Morgan fingerprint density at radius 2 is 1.62 bits per heavy atom. The van der Waals surface area contributed by atoms with Crippen LogP contribution in [-0.2, 0) is 0 Å². The molecule has 0 radical (unpaired) electrons. The fourth-order valence-electron chi connectivity index (χ4n) is 1.81. The molecule has 16 heavy (non-hydrogen) atoms. The Kier molecular flexibility index (Phi) is 3.28. The minimum absolute atomic E-state index is 0.149. The van der Waals surface area contributed by atoms with Crippen LogP contribution in [0, 0.1) is 23.2 Å². The molecule has 82 valence electrons. The fourth-order valence-corrected chi connectivity index (χ4v) is 2.43. The van der Waals surface area contributed by atoms with Gasteiger partial charge in [-0.05, 0) is 70.8 Å². The maximum absolute atomic E-state index is 13.6. The summed E-state index contributed by atoms with van der Waals surface area (Å²) in [5, 5.41) is 0. The van der Waals surface area contributed by atoms with E-state index in [0.29, 0.717) is 3.57 Å². The van der Waals surface area contributed by atoms with E-state index in [1.807, 2.05) is 66.8 Å². The number of hydrogen-bond acceptors (Lipinski definition) is 0. The van der Waals surface area contributed by atoms with Gasteiger partial charge in [0, 0.05) is 3.57 Å². The SMILES string of the molecule is Cc1ccccc1-c1cc(F)c(I)cc1C. The summed E-state index contributed by atoms with van der Waals surface area (Å²) < 4.78 is 14.2. The van der Waals surface area contributed by atoms with Crippen molar-refractivity contribution in [1.82, 2.24) is 0 Å². The van der Waals surface area contributed by atoms with Crippen LogP contribution in [0.3, 0.4) is 0 Å². The second kappa shape index (κ2) is 4.53. The molecule has 0 saturated carbocycles. The molecule has 2 aromatic carbocycles. The first-order valence-electron chi connectivity index (χ1n) is 5.11. The van der Waals surface area contributed by atoms with Gasteiger partial charge in [0.2, 0.25) is 0 Å². The molecule has 0 N–H and O–H groups in total. The van der Waals surface area contributed by atoms with Gasteiger partial charge >= 0.3 is 0 Å². The van der Waals surface area contributed by atoms with Crippen molar-refractivity contribution in [3.63, 3.8) is 0 Å². The van der Waals surface area contributed by atoms with Crippen LogP contribution in [-0.4, -0.2) is 0 Å². The molecule has 0 aliphatic carbocycles. The van der Waals surface area contributed by atoms with Crippen molar-refractivity contribution in [2.75, 3.05) is 0 Å². The van der Waals surface area contributed by atoms with E-state index in [0.717, 1.165) is 16.7 Å². The summed E-state index contributed by atoms with van der Waals surface area (Å²) in [7, 11) is 0. The number of aryl methyl sites for hydroxylation is 2. The van der Waals surface area contributed by atoms with Gasteiger partial charge in [0.05, 0.1) is 0 Å². The molecule has 0 spiro atoms.